The van der Waals surface area contributed by atoms with Gasteiger partial charge in [0, 0.05) is 11.1 Å². The van der Waals surface area contributed by atoms with Gasteiger partial charge in [0.25, 0.3) is 5.91 Å². The topological polar surface area (TPSA) is 67.8 Å². The Labute approximate surface area is 160 Å². The van der Waals surface area contributed by atoms with Crippen LogP contribution in [0.1, 0.15) is 51.6 Å². The van der Waals surface area contributed by atoms with Crippen LogP contribution < -0.4 is 5.32 Å². The van der Waals surface area contributed by atoms with Crippen LogP contribution in [0.2, 0.25) is 0 Å². The third-order valence-corrected chi connectivity index (χ3v) is 6.70. The quantitative estimate of drug-likeness (QED) is 0.699. The number of nitrogens with zero attached hydrogens (tertiary/aromatic N) is 3. The van der Waals surface area contributed by atoms with E-state index in [4.69, 9.17) is 0 Å². The van der Waals surface area contributed by atoms with E-state index in [2.05, 4.69) is 20.3 Å². The highest BCUT2D eigenvalue weighted by molar-refractivity contribution is 7.17. The molecule has 3 aromatic rings. The van der Waals surface area contributed by atoms with Crippen LogP contribution in [0.25, 0.3) is 10.7 Å². The van der Waals surface area contributed by atoms with Gasteiger partial charge in [-0.3, -0.25) is 15.1 Å². The molecule has 5 nitrogen and oxygen atoms in total. The number of aryl methyl sites for hydroxylation is 3. The molecule has 3 heterocycles. The SMILES string of the molecule is Cc1nc(-c2ccccn2)sc1C(=O)Nc1nc2c(s1)CCCCCC2. The predicted molar refractivity (Wildman–Crippen MR) is 106 cm³/mol. The Morgan fingerprint density at radius 3 is 2.73 bits per heavy atom. The van der Waals surface area contributed by atoms with E-state index in [1.165, 1.54) is 47.6 Å². The second kappa shape index (κ2) is 7.63. The maximum atomic E-state index is 12.7. The Bertz CT molecular complexity index is 892. The van der Waals surface area contributed by atoms with Crippen molar-refractivity contribution >= 4 is 33.7 Å². The van der Waals surface area contributed by atoms with Crippen LogP contribution in [0, 0.1) is 6.92 Å². The number of anilines is 1. The third-order valence-electron chi connectivity index (χ3n) is 4.45. The standard InChI is InChI=1S/C19H20N4OS2/c1-12-16(26-18(21-12)14-9-6-7-11-20-14)17(24)23-19-22-13-8-4-2-3-5-10-15(13)25-19/h6-7,9,11H,2-5,8,10H2,1H3,(H,22,23,24). The Morgan fingerprint density at radius 2 is 1.92 bits per heavy atom. The normalized spacial score (nSPS) is 14.3. The van der Waals surface area contributed by atoms with Gasteiger partial charge in [0.05, 0.1) is 17.1 Å². The van der Waals surface area contributed by atoms with Crippen molar-refractivity contribution in [1.82, 2.24) is 15.0 Å². The van der Waals surface area contributed by atoms with Gasteiger partial charge < -0.3 is 0 Å². The minimum Gasteiger partial charge on any atom is -0.297 e. The summed E-state index contributed by atoms with van der Waals surface area (Å²) in [7, 11) is 0. The summed E-state index contributed by atoms with van der Waals surface area (Å²) in [6.07, 6.45) is 8.79. The van der Waals surface area contributed by atoms with E-state index in [0.717, 1.165) is 29.2 Å². The van der Waals surface area contributed by atoms with Crippen LogP contribution in [0.4, 0.5) is 5.13 Å². The van der Waals surface area contributed by atoms with Crippen LogP contribution in [0.15, 0.2) is 24.4 Å². The molecule has 0 fully saturated rings. The molecule has 0 saturated heterocycles. The molecule has 7 heteroatoms. The van der Waals surface area contributed by atoms with Crippen molar-refractivity contribution in [2.45, 2.75) is 45.4 Å². The number of pyridine rings is 1. The van der Waals surface area contributed by atoms with Crippen molar-refractivity contribution in [2.24, 2.45) is 0 Å². The minimum atomic E-state index is -0.135. The zero-order valence-electron chi connectivity index (χ0n) is 14.6. The largest absolute Gasteiger partial charge is 0.297 e. The fourth-order valence-electron chi connectivity index (χ4n) is 3.12. The highest BCUT2D eigenvalue weighted by Crippen LogP contribution is 2.30. The molecule has 0 radical (unpaired) electrons. The molecular formula is C19H20N4OS2. The first-order valence-corrected chi connectivity index (χ1v) is 10.5. The molecule has 0 spiro atoms. The molecule has 3 aromatic heterocycles. The first-order chi connectivity index (χ1) is 12.7. The first-order valence-electron chi connectivity index (χ1n) is 8.89. The number of carbonyl (C=O) groups excluding carboxylic acids is 1. The average molecular weight is 385 g/mol. The van der Waals surface area contributed by atoms with Crippen molar-refractivity contribution in [3.05, 3.63) is 45.5 Å². The maximum absolute atomic E-state index is 12.7. The lowest BCUT2D eigenvalue weighted by atomic mass is 10.0. The second-order valence-corrected chi connectivity index (χ2v) is 8.49. The Morgan fingerprint density at radius 1 is 1.08 bits per heavy atom. The van der Waals surface area contributed by atoms with Crippen molar-refractivity contribution in [3.8, 4) is 10.7 Å². The number of thiazole rings is 2. The minimum absolute atomic E-state index is 0.135. The van der Waals surface area contributed by atoms with Gasteiger partial charge >= 0.3 is 0 Å². The van der Waals surface area contributed by atoms with Crippen molar-refractivity contribution in [3.63, 3.8) is 0 Å². The van der Waals surface area contributed by atoms with Gasteiger partial charge in [-0.05, 0) is 44.7 Å². The highest BCUT2D eigenvalue weighted by Gasteiger charge is 2.19. The number of fused-ring (bicyclic) bond motifs is 1. The molecule has 0 saturated carbocycles. The Kier molecular flexibility index (Phi) is 5.08. The average Bonchev–Trinajstić information content (AvgIpc) is 3.19. The molecular weight excluding hydrogens is 364 g/mol. The molecule has 0 aliphatic heterocycles. The predicted octanol–water partition coefficient (Wildman–Crippen LogP) is 4.88. The van der Waals surface area contributed by atoms with Crippen molar-refractivity contribution in [2.75, 3.05) is 5.32 Å². The van der Waals surface area contributed by atoms with Gasteiger partial charge in [-0.1, -0.05) is 18.9 Å². The summed E-state index contributed by atoms with van der Waals surface area (Å²) in [6, 6.07) is 5.69. The van der Waals surface area contributed by atoms with Gasteiger partial charge in [-0.15, -0.1) is 22.7 Å². The lowest BCUT2D eigenvalue weighted by Gasteiger charge is -2.06. The molecule has 26 heavy (non-hydrogen) atoms. The lowest BCUT2D eigenvalue weighted by Crippen LogP contribution is -2.11. The summed E-state index contributed by atoms with van der Waals surface area (Å²) in [6.45, 7) is 1.86. The first kappa shape index (κ1) is 17.3. The second-order valence-electron chi connectivity index (χ2n) is 6.41. The lowest BCUT2D eigenvalue weighted by molar-refractivity contribution is 0.103. The van der Waals surface area contributed by atoms with E-state index >= 15 is 0 Å². The fraction of sp³-hybridized carbons (Fsp3) is 0.368. The molecule has 0 atom stereocenters. The number of amides is 1. The summed E-state index contributed by atoms with van der Waals surface area (Å²) < 4.78 is 0. The number of hydrogen-bond acceptors (Lipinski definition) is 6. The van der Waals surface area contributed by atoms with E-state index < -0.39 is 0 Å². The Balaban J connectivity index is 1.54. The number of carbonyl (C=O) groups is 1. The molecule has 0 aromatic carbocycles. The smallest absolute Gasteiger partial charge is 0.269 e. The Hall–Kier alpha value is -2.12. The molecule has 4 rings (SSSR count). The van der Waals surface area contributed by atoms with Gasteiger partial charge in [-0.25, -0.2) is 9.97 Å². The highest BCUT2D eigenvalue weighted by atomic mass is 32.1. The summed E-state index contributed by atoms with van der Waals surface area (Å²) in [4.78, 5) is 28.2. The number of aromatic nitrogens is 3. The molecule has 1 amide bonds. The maximum Gasteiger partial charge on any atom is 0.269 e. The van der Waals surface area contributed by atoms with E-state index in [9.17, 15) is 4.79 Å². The monoisotopic (exact) mass is 384 g/mol. The van der Waals surface area contributed by atoms with Gasteiger partial charge in [0.2, 0.25) is 0 Å². The number of hydrogen-bond donors (Lipinski definition) is 1. The molecule has 1 aliphatic rings. The van der Waals surface area contributed by atoms with Crippen LogP contribution >= 0.6 is 22.7 Å². The number of nitrogens with one attached hydrogen (secondary N) is 1. The fourth-order valence-corrected chi connectivity index (χ4v) is 5.10. The summed E-state index contributed by atoms with van der Waals surface area (Å²) in [5, 5.41) is 4.45. The van der Waals surface area contributed by atoms with Crippen molar-refractivity contribution in [1.29, 1.82) is 0 Å². The summed E-state index contributed by atoms with van der Waals surface area (Å²) in [5.74, 6) is -0.135. The van der Waals surface area contributed by atoms with Gasteiger partial charge in [0.15, 0.2) is 5.13 Å². The van der Waals surface area contributed by atoms with Crippen LogP contribution in [-0.2, 0) is 12.8 Å². The molecule has 134 valence electrons. The van der Waals surface area contributed by atoms with E-state index in [0.29, 0.717) is 10.0 Å². The third kappa shape index (κ3) is 3.68. The van der Waals surface area contributed by atoms with Crippen LogP contribution in [-0.4, -0.2) is 20.9 Å². The number of rotatable bonds is 3. The molecule has 0 unspecified atom stereocenters. The summed E-state index contributed by atoms with van der Waals surface area (Å²) in [5.41, 5.74) is 2.68. The summed E-state index contributed by atoms with van der Waals surface area (Å²) >= 11 is 2.99. The molecule has 0 bridgehead atoms. The zero-order chi connectivity index (χ0) is 17.9. The van der Waals surface area contributed by atoms with Gasteiger partial charge in [-0.2, -0.15) is 0 Å². The molecule has 1 N–H and O–H groups in total. The zero-order valence-corrected chi connectivity index (χ0v) is 16.3. The van der Waals surface area contributed by atoms with Crippen molar-refractivity contribution < 1.29 is 4.79 Å². The van der Waals surface area contributed by atoms with Crippen LogP contribution in [0.3, 0.4) is 0 Å². The van der Waals surface area contributed by atoms with E-state index in [1.54, 1.807) is 17.5 Å². The van der Waals surface area contributed by atoms with E-state index in [1.807, 2.05) is 25.1 Å². The van der Waals surface area contributed by atoms with Crippen LogP contribution in [0.5, 0.6) is 0 Å². The van der Waals surface area contributed by atoms with Gasteiger partial charge in [0.1, 0.15) is 9.88 Å². The van der Waals surface area contributed by atoms with E-state index in [-0.39, 0.29) is 5.91 Å². The molecule has 1 aliphatic carbocycles.